The molecule has 0 spiro atoms. The molecular formula is C25H22ClFN4O5. The van der Waals surface area contributed by atoms with Crippen LogP contribution in [0.15, 0.2) is 60.8 Å². The molecule has 1 unspecified atom stereocenters. The Bertz CT molecular complexity index is 1430. The maximum atomic E-state index is 14.4. The van der Waals surface area contributed by atoms with E-state index in [9.17, 15) is 19.4 Å². The number of halogens is 2. The highest BCUT2D eigenvalue weighted by atomic mass is 35.5. The van der Waals surface area contributed by atoms with Crippen LogP contribution in [-0.2, 0) is 9.47 Å². The van der Waals surface area contributed by atoms with Crippen molar-refractivity contribution >= 4 is 34.6 Å². The zero-order valence-electron chi connectivity index (χ0n) is 19.0. The van der Waals surface area contributed by atoms with E-state index in [0.717, 1.165) is 6.07 Å². The lowest BCUT2D eigenvalue weighted by Gasteiger charge is -2.26. The van der Waals surface area contributed by atoms with Gasteiger partial charge in [-0.05, 0) is 42.8 Å². The standard InChI is InChI=1S/C25H22ClFN4O5/c1-12-15-9-10-31(22(15)30-25(28)29-12)23-19(33)18(32)21(35-23)20(14-7-8-16(26)17(27)11-14)36-24(34)13-5-3-2-4-6-13/h2-11,18-21,23,32-33H,1H3,(H2,28,29,30)/t18-,19+,20?,21-,23+/m0/s1. The number of carbonyl (C=O) groups excluding carboxylic acids is 1. The second kappa shape index (κ2) is 9.47. The molecule has 4 N–H and O–H groups in total. The molecule has 0 radical (unpaired) electrons. The van der Waals surface area contributed by atoms with Crippen LogP contribution in [0.25, 0.3) is 11.0 Å². The van der Waals surface area contributed by atoms with Gasteiger partial charge in [0, 0.05) is 11.6 Å². The molecule has 0 saturated carbocycles. The number of nitrogens with zero attached hydrogens (tertiary/aromatic N) is 3. The van der Waals surface area contributed by atoms with Crippen LogP contribution in [-0.4, -0.2) is 49.0 Å². The maximum absolute atomic E-state index is 14.4. The molecule has 4 aromatic rings. The fourth-order valence-electron chi connectivity index (χ4n) is 4.35. The molecule has 186 valence electrons. The number of nitrogen functional groups attached to an aromatic ring is 1. The van der Waals surface area contributed by atoms with Crippen LogP contribution in [0.1, 0.15) is 33.9 Å². The van der Waals surface area contributed by atoms with Gasteiger partial charge in [0.1, 0.15) is 29.8 Å². The molecule has 1 saturated heterocycles. The van der Waals surface area contributed by atoms with Crippen LogP contribution in [0.4, 0.5) is 10.3 Å². The van der Waals surface area contributed by atoms with Gasteiger partial charge in [-0.15, -0.1) is 0 Å². The van der Waals surface area contributed by atoms with Gasteiger partial charge in [-0.1, -0.05) is 35.9 Å². The van der Waals surface area contributed by atoms with E-state index in [-0.39, 0.29) is 22.1 Å². The van der Waals surface area contributed by atoms with E-state index in [0.29, 0.717) is 16.7 Å². The number of nitrogens with two attached hydrogens (primary N) is 1. The van der Waals surface area contributed by atoms with E-state index in [2.05, 4.69) is 9.97 Å². The molecule has 5 rings (SSSR count). The van der Waals surface area contributed by atoms with Crippen molar-refractivity contribution in [3.8, 4) is 0 Å². The first-order valence-electron chi connectivity index (χ1n) is 11.1. The summed E-state index contributed by atoms with van der Waals surface area (Å²) in [6.07, 6.45) is -4.94. The van der Waals surface area contributed by atoms with E-state index in [1.807, 2.05) is 0 Å². The quantitative estimate of drug-likeness (QED) is 0.347. The average molecular weight is 513 g/mol. The van der Waals surface area contributed by atoms with Crippen LogP contribution in [0, 0.1) is 12.7 Å². The molecule has 36 heavy (non-hydrogen) atoms. The Hall–Kier alpha value is -3.57. The Morgan fingerprint density at radius 2 is 1.92 bits per heavy atom. The molecule has 1 aliphatic heterocycles. The highest BCUT2D eigenvalue weighted by Crippen LogP contribution is 2.40. The Kier molecular flexibility index (Phi) is 6.35. The van der Waals surface area contributed by atoms with Gasteiger partial charge in [-0.3, -0.25) is 0 Å². The Labute approximate surface area is 209 Å². The third-order valence-corrected chi connectivity index (χ3v) is 6.45. The van der Waals surface area contributed by atoms with Crippen molar-refractivity contribution in [2.75, 3.05) is 5.73 Å². The molecule has 0 aliphatic carbocycles. The molecule has 2 aromatic carbocycles. The van der Waals surface area contributed by atoms with Crippen LogP contribution >= 0.6 is 11.6 Å². The van der Waals surface area contributed by atoms with Crippen molar-refractivity contribution in [1.82, 2.24) is 14.5 Å². The summed E-state index contributed by atoms with van der Waals surface area (Å²) in [6.45, 7) is 1.77. The monoisotopic (exact) mass is 512 g/mol. The second-order valence-electron chi connectivity index (χ2n) is 8.47. The minimum atomic E-state index is -1.50. The number of ether oxygens (including phenoxy) is 2. The molecule has 1 fully saturated rings. The molecule has 11 heteroatoms. The van der Waals surface area contributed by atoms with E-state index < -0.39 is 42.4 Å². The number of rotatable bonds is 5. The summed E-state index contributed by atoms with van der Waals surface area (Å²) in [5.41, 5.74) is 7.28. The maximum Gasteiger partial charge on any atom is 0.338 e. The number of esters is 1. The highest BCUT2D eigenvalue weighted by Gasteiger charge is 2.49. The third kappa shape index (κ3) is 4.28. The average Bonchev–Trinajstić information content (AvgIpc) is 3.41. The Balaban J connectivity index is 1.52. The normalized spacial score (nSPS) is 22.6. The molecule has 2 aromatic heterocycles. The number of aliphatic hydroxyl groups is 2. The molecule has 0 amide bonds. The number of anilines is 1. The minimum absolute atomic E-state index is 0.0378. The van der Waals surface area contributed by atoms with Crippen molar-refractivity contribution in [1.29, 1.82) is 0 Å². The zero-order chi connectivity index (χ0) is 25.6. The van der Waals surface area contributed by atoms with Crippen LogP contribution in [0.2, 0.25) is 5.02 Å². The smallest absolute Gasteiger partial charge is 0.338 e. The summed E-state index contributed by atoms with van der Waals surface area (Å²) < 4.78 is 27.7. The van der Waals surface area contributed by atoms with Crippen molar-refractivity contribution in [3.63, 3.8) is 0 Å². The molecular weight excluding hydrogens is 491 g/mol. The van der Waals surface area contributed by atoms with Gasteiger partial charge in [0.15, 0.2) is 12.3 Å². The highest BCUT2D eigenvalue weighted by molar-refractivity contribution is 6.30. The molecule has 9 nitrogen and oxygen atoms in total. The summed E-state index contributed by atoms with van der Waals surface area (Å²) >= 11 is 5.84. The van der Waals surface area contributed by atoms with Gasteiger partial charge < -0.3 is 30.0 Å². The summed E-state index contributed by atoms with van der Waals surface area (Å²) in [4.78, 5) is 21.3. The van der Waals surface area contributed by atoms with Crippen molar-refractivity contribution in [2.24, 2.45) is 0 Å². The van der Waals surface area contributed by atoms with Gasteiger partial charge >= 0.3 is 5.97 Å². The summed E-state index contributed by atoms with van der Waals surface area (Å²) in [5, 5.41) is 22.5. The van der Waals surface area contributed by atoms with Crippen LogP contribution < -0.4 is 5.73 Å². The van der Waals surface area contributed by atoms with Gasteiger partial charge in [-0.25, -0.2) is 14.2 Å². The number of aliphatic hydroxyl groups excluding tert-OH is 2. The number of carbonyl (C=O) groups is 1. The number of fused-ring (bicyclic) bond motifs is 1. The number of benzene rings is 2. The third-order valence-electron chi connectivity index (χ3n) is 6.14. The van der Waals surface area contributed by atoms with E-state index >= 15 is 0 Å². The van der Waals surface area contributed by atoms with Crippen LogP contribution in [0.3, 0.4) is 0 Å². The first-order valence-corrected chi connectivity index (χ1v) is 11.5. The fraction of sp³-hybridized carbons (Fsp3) is 0.240. The van der Waals surface area contributed by atoms with Gasteiger partial charge in [0.2, 0.25) is 5.95 Å². The number of aromatic nitrogens is 3. The van der Waals surface area contributed by atoms with Gasteiger partial charge in [0.25, 0.3) is 0 Å². The Morgan fingerprint density at radius 3 is 2.64 bits per heavy atom. The van der Waals surface area contributed by atoms with Gasteiger partial charge in [-0.2, -0.15) is 4.98 Å². The predicted molar refractivity (Wildman–Crippen MR) is 129 cm³/mol. The van der Waals surface area contributed by atoms with E-state index in [1.54, 1.807) is 49.5 Å². The largest absolute Gasteiger partial charge is 0.451 e. The molecule has 0 bridgehead atoms. The number of hydrogen-bond donors (Lipinski definition) is 3. The molecule has 3 heterocycles. The first kappa shape index (κ1) is 24.1. The number of hydrogen-bond acceptors (Lipinski definition) is 8. The lowest BCUT2D eigenvalue weighted by atomic mass is 9.98. The van der Waals surface area contributed by atoms with E-state index in [1.165, 1.54) is 16.7 Å². The van der Waals surface area contributed by atoms with Crippen molar-refractivity contribution in [2.45, 2.75) is 37.6 Å². The first-order chi connectivity index (χ1) is 17.2. The minimum Gasteiger partial charge on any atom is -0.451 e. The lowest BCUT2D eigenvalue weighted by Crippen LogP contribution is -2.36. The summed E-state index contributed by atoms with van der Waals surface area (Å²) in [5.74, 6) is -1.42. The predicted octanol–water partition coefficient (Wildman–Crippen LogP) is 3.33. The lowest BCUT2D eigenvalue weighted by molar-refractivity contribution is -0.0916. The Morgan fingerprint density at radius 1 is 1.17 bits per heavy atom. The van der Waals surface area contributed by atoms with Crippen molar-refractivity contribution < 1.29 is 28.9 Å². The fourth-order valence-corrected chi connectivity index (χ4v) is 4.47. The molecule has 1 aliphatic rings. The van der Waals surface area contributed by atoms with E-state index in [4.69, 9.17) is 26.8 Å². The summed E-state index contributed by atoms with van der Waals surface area (Å²) in [6, 6.07) is 13.8. The van der Waals surface area contributed by atoms with Crippen LogP contribution in [0.5, 0.6) is 0 Å². The summed E-state index contributed by atoms with van der Waals surface area (Å²) in [7, 11) is 0. The van der Waals surface area contributed by atoms with Gasteiger partial charge in [0.05, 0.1) is 16.3 Å². The SMILES string of the molecule is Cc1nc(N)nc2c1ccn2[C@@H]1O[C@H](C(OC(=O)c2ccccc2)c2ccc(Cl)c(F)c2)[C@@H](O)[C@H]1O. The number of aryl methyl sites for hydroxylation is 1. The van der Waals surface area contributed by atoms with Crippen molar-refractivity contribution in [3.05, 3.63) is 88.5 Å². The second-order valence-corrected chi connectivity index (χ2v) is 8.87. The topological polar surface area (TPSA) is 133 Å². The zero-order valence-corrected chi connectivity index (χ0v) is 19.7. The molecule has 5 atom stereocenters.